The number of nitro groups is 2. The van der Waals surface area contributed by atoms with E-state index in [2.05, 4.69) is 9.97 Å². The molecule has 0 N–H and O–H groups in total. The van der Waals surface area contributed by atoms with Crippen molar-refractivity contribution in [1.82, 2.24) is 9.97 Å². The minimum atomic E-state index is -0.495. The van der Waals surface area contributed by atoms with E-state index in [0.717, 1.165) is 0 Å². The molecule has 0 amide bonds. The van der Waals surface area contributed by atoms with Crippen LogP contribution < -0.4 is 9.80 Å². The van der Waals surface area contributed by atoms with Crippen LogP contribution in [-0.4, -0.2) is 47.0 Å². The summed E-state index contributed by atoms with van der Waals surface area (Å²) < 4.78 is 0. The van der Waals surface area contributed by atoms with Crippen LogP contribution in [0.5, 0.6) is 0 Å². The van der Waals surface area contributed by atoms with Gasteiger partial charge in [-0.2, -0.15) is 0 Å². The second-order valence-electron chi connectivity index (χ2n) is 5.11. The molecule has 0 radical (unpaired) electrons. The summed E-state index contributed by atoms with van der Waals surface area (Å²) in [6.45, 7) is 1.19. The van der Waals surface area contributed by atoms with E-state index >= 15 is 0 Å². The lowest BCUT2D eigenvalue weighted by molar-refractivity contribution is -0.385. The fourth-order valence-electron chi connectivity index (χ4n) is 1.95. The third kappa shape index (κ3) is 4.12. The number of likely N-dealkylation sites (N-methyl/N-ethyl adjacent to an activating group) is 2. The molecule has 2 rings (SSSR count). The Balaban J connectivity index is 1.93. The molecule has 10 heteroatoms. The SMILES string of the molecule is CN(CCN(C)c1ccc([N+](=O)[O-])cn1)c1ccc([N+](=O)[O-])cn1. The van der Waals surface area contributed by atoms with Gasteiger partial charge in [0.2, 0.25) is 0 Å². The molecule has 10 nitrogen and oxygen atoms in total. The molecule has 0 saturated heterocycles. The van der Waals surface area contributed by atoms with Gasteiger partial charge in [-0.05, 0) is 12.1 Å². The highest BCUT2D eigenvalue weighted by Crippen LogP contribution is 2.16. The van der Waals surface area contributed by atoms with Crippen molar-refractivity contribution in [1.29, 1.82) is 0 Å². The average molecular weight is 332 g/mol. The number of hydrogen-bond donors (Lipinski definition) is 0. The lowest BCUT2D eigenvalue weighted by Gasteiger charge is -2.23. The molecule has 126 valence electrons. The standard InChI is InChI=1S/C14H16N6O4/c1-17(13-5-3-11(9-15-13)19(21)22)7-8-18(2)14-6-4-12(10-16-14)20(23)24/h3-6,9-10H,7-8H2,1-2H3. The number of rotatable bonds is 7. The van der Waals surface area contributed by atoms with Gasteiger partial charge in [0.15, 0.2) is 0 Å². The second kappa shape index (κ2) is 7.31. The number of anilines is 2. The van der Waals surface area contributed by atoms with Crippen molar-refractivity contribution in [2.75, 3.05) is 37.0 Å². The summed E-state index contributed by atoms with van der Waals surface area (Å²) in [4.78, 5) is 32.1. The molecule has 0 unspecified atom stereocenters. The highest BCUT2D eigenvalue weighted by molar-refractivity contribution is 5.44. The van der Waals surface area contributed by atoms with Crippen molar-refractivity contribution < 1.29 is 9.85 Å². The molecule has 0 saturated carbocycles. The Kier molecular flexibility index (Phi) is 5.20. The van der Waals surface area contributed by atoms with Crippen molar-refractivity contribution >= 4 is 23.0 Å². The summed E-state index contributed by atoms with van der Waals surface area (Å²) in [6.07, 6.45) is 2.43. The topological polar surface area (TPSA) is 119 Å². The Morgan fingerprint density at radius 1 is 0.833 bits per heavy atom. The van der Waals surface area contributed by atoms with Gasteiger partial charge in [0.25, 0.3) is 11.4 Å². The van der Waals surface area contributed by atoms with Gasteiger partial charge < -0.3 is 9.80 Å². The highest BCUT2D eigenvalue weighted by atomic mass is 16.6. The normalized spacial score (nSPS) is 10.2. The second-order valence-corrected chi connectivity index (χ2v) is 5.11. The van der Waals surface area contributed by atoms with E-state index < -0.39 is 9.85 Å². The van der Waals surface area contributed by atoms with Crippen LogP contribution in [0.4, 0.5) is 23.0 Å². The van der Waals surface area contributed by atoms with Crippen molar-refractivity contribution in [3.63, 3.8) is 0 Å². The molecule has 0 aromatic carbocycles. The van der Waals surface area contributed by atoms with Gasteiger partial charge in [0, 0.05) is 39.3 Å². The molecule has 0 atom stereocenters. The monoisotopic (exact) mass is 332 g/mol. The summed E-state index contributed by atoms with van der Waals surface area (Å²) in [7, 11) is 3.65. The zero-order valence-corrected chi connectivity index (χ0v) is 13.2. The van der Waals surface area contributed by atoms with E-state index in [1.807, 2.05) is 23.9 Å². The van der Waals surface area contributed by atoms with Gasteiger partial charge in [0.05, 0.1) is 9.85 Å². The van der Waals surface area contributed by atoms with E-state index in [0.29, 0.717) is 24.7 Å². The summed E-state index contributed by atoms with van der Waals surface area (Å²) in [5, 5.41) is 21.2. The van der Waals surface area contributed by atoms with Crippen molar-refractivity contribution in [3.05, 3.63) is 56.9 Å². The molecular weight excluding hydrogens is 316 g/mol. The van der Waals surface area contributed by atoms with Gasteiger partial charge in [-0.1, -0.05) is 0 Å². The molecule has 0 bridgehead atoms. The number of hydrogen-bond acceptors (Lipinski definition) is 8. The molecule has 2 aromatic heterocycles. The Labute approximate surface area is 137 Å². The quantitative estimate of drug-likeness (QED) is 0.557. The Hall–Kier alpha value is -3.30. The predicted octanol–water partition coefficient (Wildman–Crippen LogP) is 1.87. The van der Waals surface area contributed by atoms with Crippen LogP contribution in [0.25, 0.3) is 0 Å². The van der Waals surface area contributed by atoms with Crippen LogP contribution >= 0.6 is 0 Å². The molecule has 2 aromatic rings. The van der Waals surface area contributed by atoms with Gasteiger partial charge in [-0.3, -0.25) is 20.2 Å². The maximum Gasteiger partial charge on any atom is 0.287 e. The van der Waals surface area contributed by atoms with Gasteiger partial charge >= 0.3 is 0 Å². The molecule has 0 aliphatic rings. The first kappa shape index (κ1) is 17.1. The summed E-state index contributed by atoms with van der Waals surface area (Å²) >= 11 is 0. The van der Waals surface area contributed by atoms with Crippen molar-refractivity contribution in [3.8, 4) is 0 Å². The van der Waals surface area contributed by atoms with Crippen LogP contribution in [0.2, 0.25) is 0 Å². The van der Waals surface area contributed by atoms with Crippen LogP contribution in [-0.2, 0) is 0 Å². The predicted molar refractivity (Wildman–Crippen MR) is 88.3 cm³/mol. The Morgan fingerprint density at radius 2 is 1.21 bits per heavy atom. The Bertz CT molecular complexity index is 656. The largest absolute Gasteiger partial charge is 0.358 e. The first-order valence-electron chi connectivity index (χ1n) is 7.01. The molecule has 0 aliphatic carbocycles. The fraction of sp³-hybridized carbons (Fsp3) is 0.286. The Morgan fingerprint density at radius 3 is 1.46 bits per heavy atom. The molecule has 24 heavy (non-hydrogen) atoms. The molecule has 2 heterocycles. The molecule has 0 spiro atoms. The van der Waals surface area contributed by atoms with E-state index in [1.165, 1.54) is 24.5 Å². The van der Waals surface area contributed by atoms with Crippen molar-refractivity contribution in [2.45, 2.75) is 0 Å². The van der Waals surface area contributed by atoms with Gasteiger partial charge in [-0.25, -0.2) is 9.97 Å². The first-order chi connectivity index (χ1) is 11.4. The maximum absolute atomic E-state index is 10.6. The molecular formula is C14H16N6O4. The minimum Gasteiger partial charge on any atom is -0.358 e. The van der Waals surface area contributed by atoms with E-state index in [4.69, 9.17) is 0 Å². The third-order valence-corrected chi connectivity index (χ3v) is 3.44. The first-order valence-corrected chi connectivity index (χ1v) is 7.01. The minimum absolute atomic E-state index is 0.0562. The van der Waals surface area contributed by atoms with E-state index in [1.54, 1.807) is 12.1 Å². The fourth-order valence-corrected chi connectivity index (χ4v) is 1.95. The zero-order valence-electron chi connectivity index (χ0n) is 13.2. The number of nitrogens with zero attached hydrogens (tertiary/aromatic N) is 6. The summed E-state index contributed by atoms with van der Waals surface area (Å²) in [6, 6.07) is 5.98. The van der Waals surface area contributed by atoms with Crippen LogP contribution in [0, 0.1) is 20.2 Å². The maximum atomic E-state index is 10.6. The highest BCUT2D eigenvalue weighted by Gasteiger charge is 2.11. The van der Waals surface area contributed by atoms with Crippen LogP contribution in [0.3, 0.4) is 0 Å². The van der Waals surface area contributed by atoms with Gasteiger partial charge in [-0.15, -0.1) is 0 Å². The average Bonchev–Trinajstić information content (AvgIpc) is 2.59. The van der Waals surface area contributed by atoms with Crippen LogP contribution in [0.1, 0.15) is 0 Å². The van der Waals surface area contributed by atoms with Crippen LogP contribution in [0.15, 0.2) is 36.7 Å². The lowest BCUT2D eigenvalue weighted by Crippen LogP contribution is -2.31. The summed E-state index contributed by atoms with van der Waals surface area (Å²) in [5.74, 6) is 1.23. The third-order valence-electron chi connectivity index (χ3n) is 3.44. The number of pyridine rings is 2. The smallest absolute Gasteiger partial charge is 0.287 e. The lowest BCUT2D eigenvalue weighted by atomic mass is 10.3. The van der Waals surface area contributed by atoms with Crippen molar-refractivity contribution in [2.24, 2.45) is 0 Å². The molecule has 0 aliphatic heterocycles. The zero-order chi connectivity index (χ0) is 17.7. The van der Waals surface area contributed by atoms with E-state index in [-0.39, 0.29) is 11.4 Å². The van der Waals surface area contributed by atoms with Gasteiger partial charge in [0.1, 0.15) is 24.0 Å². The van der Waals surface area contributed by atoms with E-state index in [9.17, 15) is 20.2 Å². The number of aromatic nitrogens is 2. The summed E-state index contributed by atoms with van der Waals surface area (Å²) in [5.41, 5.74) is -0.112. The molecule has 0 fully saturated rings.